The van der Waals surface area contributed by atoms with Crippen molar-refractivity contribution in [2.75, 3.05) is 19.6 Å². The zero-order chi connectivity index (χ0) is 16.1. The van der Waals surface area contributed by atoms with Crippen LogP contribution in [-0.2, 0) is 9.53 Å². The van der Waals surface area contributed by atoms with Crippen molar-refractivity contribution < 1.29 is 9.53 Å². The Morgan fingerprint density at radius 1 is 1.22 bits per heavy atom. The van der Waals surface area contributed by atoms with E-state index in [1.807, 2.05) is 0 Å². The first-order valence-electron chi connectivity index (χ1n) is 9.24. The van der Waals surface area contributed by atoms with Crippen LogP contribution in [0, 0.1) is 5.92 Å². The van der Waals surface area contributed by atoms with E-state index in [0.717, 1.165) is 57.7 Å². The van der Waals surface area contributed by atoms with Gasteiger partial charge in [-0.15, -0.1) is 0 Å². The van der Waals surface area contributed by atoms with E-state index in [-0.39, 0.29) is 11.8 Å². The summed E-state index contributed by atoms with van der Waals surface area (Å²) in [5.41, 5.74) is 0. The largest absolute Gasteiger partial charge is 0.373 e. The average molecular weight is 322 g/mol. The lowest BCUT2D eigenvalue weighted by Gasteiger charge is -2.24. The third kappa shape index (κ3) is 4.37. The number of hydrogen-bond donors (Lipinski definition) is 3. The Balaban J connectivity index is 1.35. The highest BCUT2D eigenvalue weighted by molar-refractivity contribution is 5.80. The van der Waals surface area contributed by atoms with Crippen molar-refractivity contribution in [3.8, 4) is 0 Å². The van der Waals surface area contributed by atoms with Crippen molar-refractivity contribution in [3.05, 3.63) is 0 Å². The Morgan fingerprint density at radius 3 is 2.70 bits per heavy atom. The van der Waals surface area contributed by atoms with E-state index < -0.39 is 0 Å². The molecule has 3 fully saturated rings. The van der Waals surface area contributed by atoms with Crippen LogP contribution in [0.5, 0.6) is 0 Å². The van der Waals surface area contributed by atoms with Crippen molar-refractivity contribution in [3.63, 3.8) is 0 Å². The molecule has 3 aliphatic rings. The molecular formula is C17H30N4O2. The number of aliphatic imine (C=N–C) groups is 1. The van der Waals surface area contributed by atoms with Crippen LogP contribution in [0.25, 0.3) is 0 Å². The molecule has 130 valence electrons. The first kappa shape index (κ1) is 16.6. The number of hydrogen-bond acceptors (Lipinski definition) is 3. The van der Waals surface area contributed by atoms with E-state index in [1.165, 1.54) is 12.8 Å². The minimum absolute atomic E-state index is 0.226. The van der Waals surface area contributed by atoms with E-state index in [0.29, 0.717) is 18.2 Å². The fourth-order valence-corrected chi connectivity index (χ4v) is 3.58. The maximum atomic E-state index is 11.7. The van der Waals surface area contributed by atoms with Crippen LogP contribution in [0.15, 0.2) is 4.99 Å². The predicted octanol–water partition coefficient (Wildman–Crippen LogP) is 1.17. The fraction of sp³-hybridized carbons (Fsp3) is 0.882. The van der Waals surface area contributed by atoms with Crippen molar-refractivity contribution in [1.82, 2.24) is 16.0 Å². The number of nitrogens with one attached hydrogen (secondary N) is 3. The maximum absolute atomic E-state index is 11.7. The monoisotopic (exact) mass is 322 g/mol. The standard InChI is InChI=1S/C17H30N4O2/c1-2-18-17(21-14-11-13-7-8-15(14)23-13)20-10-4-9-19-16(22)12-5-3-6-12/h12-15H,2-11H2,1H3,(H,19,22)(H2,18,20,21). The molecule has 0 spiro atoms. The minimum Gasteiger partial charge on any atom is -0.373 e. The highest BCUT2D eigenvalue weighted by atomic mass is 16.5. The summed E-state index contributed by atoms with van der Waals surface area (Å²) < 4.78 is 5.88. The second-order valence-corrected chi connectivity index (χ2v) is 6.89. The minimum atomic E-state index is 0.226. The number of carbonyl (C=O) groups is 1. The molecule has 0 aromatic rings. The van der Waals surface area contributed by atoms with Crippen LogP contribution in [0.3, 0.4) is 0 Å². The van der Waals surface area contributed by atoms with Crippen molar-refractivity contribution in [2.24, 2.45) is 10.9 Å². The molecule has 3 rings (SSSR count). The zero-order valence-electron chi connectivity index (χ0n) is 14.1. The summed E-state index contributed by atoms with van der Waals surface area (Å²) in [6.07, 6.45) is 8.45. The van der Waals surface area contributed by atoms with Crippen LogP contribution in [-0.4, -0.2) is 49.8 Å². The molecule has 3 N–H and O–H groups in total. The highest BCUT2D eigenvalue weighted by Crippen LogP contribution is 2.34. The molecule has 3 unspecified atom stereocenters. The van der Waals surface area contributed by atoms with Gasteiger partial charge in [-0.1, -0.05) is 6.42 Å². The Kier molecular flexibility index (Phi) is 5.75. The topological polar surface area (TPSA) is 74.8 Å². The Morgan fingerprint density at radius 2 is 2.09 bits per heavy atom. The predicted molar refractivity (Wildman–Crippen MR) is 90.4 cm³/mol. The molecule has 1 amide bonds. The third-order valence-electron chi connectivity index (χ3n) is 5.15. The summed E-state index contributed by atoms with van der Waals surface area (Å²) >= 11 is 0. The van der Waals surface area contributed by atoms with E-state index >= 15 is 0 Å². The molecule has 1 saturated carbocycles. The summed E-state index contributed by atoms with van der Waals surface area (Å²) in [5, 5.41) is 9.83. The number of nitrogens with zero attached hydrogens (tertiary/aromatic N) is 1. The highest BCUT2D eigenvalue weighted by Gasteiger charge is 2.41. The molecule has 2 aliphatic heterocycles. The quantitative estimate of drug-likeness (QED) is 0.374. The van der Waals surface area contributed by atoms with Crippen LogP contribution < -0.4 is 16.0 Å². The van der Waals surface area contributed by atoms with Gasteiger partial charge in [-0.05, 0) is 45.4 Å². The second-order valence-electron chi connectivity index (χ2n) is 6.89. The number of guanidine groups is 1. The second kappa shape index (κ2) is 7.99. The lowest BCUT2D eigenvalue weighted by Crippen LogP contribution is -2.47. The van der Waals surface area contributed by atoms with Gasteiger partial charge in [0.1, 0.15) is 0 Å². The number of ether oxygens (including phenoxy) is 1. The van der Waals surface area contributed by atoms with Gasteiger partial charge >= 0.3 is 0 Å². The number of amides is 1. The van der Waals surface area contributed by atoms with Gasteiger partial charge in [-0.3, -0.25) is 9.79 Å². The Bertz CT molecular complexity index is 436. The average Bonchev–Trinajstić information content (AvgIpc) is 3.07. The fourth-order valence-electron chi connectivity index (χ4n) is 3.58. The van der Waals surface area contributed by atoms with Gasteiger partial charge in [0.2, 0.25) is 5.91 Å². The molecule has 0 radical (unpaired) electrons. The van der Waals surface area contributed by atoms with Gasteiger partial charge in [-0.25, -0.2) is 0 Å². The van der Waals surface area contributed by atoms with Crippen molar-refractivity contribution >= 4 is 11.9 Å². The molecule has 3 atom stereocenters. The van der Waals surface area contributed by atoms with Gasteiger partial charge < -0.3 is 20.7 Å². The first-order valence-corrected chi connectivity index (χ1v) is 9.24. The lowest BCUT2D eigenvalue weighted by molar-refractivity contribution is -0.127. The molecule has 23 heavy (non-hydrogen) atoms. The normalized spacial score (nSPS) is 30.1. The van der Waals surface area contributed by atoms with E-state index in [1.54, 1.807) is 0 Å². The summed E-state index contributed by atoms with van der Waals surface area (Å²) in [7, 11) is 0. The molecule has 0 aromatic heterocycles. The number of carbonyl (C=O) groups excluding carboxylic acids is 1. The van der Waals surface area contributed by atoms with Crippen molar-refractivity contribution in [2.45, 2.75) is 70.1 Å². The molecular weight excluding hydrogens is 292 g/mol. The summed E-state index contributed by atoms with van der Waals surface area (Å²) in [6.45, 7) is 4.37. The van der Waals surface area contributed by atoms with Gasteiger partial charge in [0, 0.05) is 25.6 Å². The molecule has 1 aliphatic carbocycles. The molecule has 2 heterocycles. The van der Waals surface area contributed by atoms with Crippen LogP contribution >= 0.6 is 0 Å². The SMILES string of the molecule is CCNC(=NCCCNC(=O)C1CCC1)NC1CC2CCC1O2. The molecule has 6 nitrogen and oxygen atoms in total. The maximum Gasteiger partial charge on any atom is 0.223 e. The lowest BCUT2D eigenvalue weighted by atomic mass is 9.85. The number of rotatable bonds is 7. The smallest absolute Gasteiger partial charge is 0.223 e. The summed E-state index contributed by atoms with van der Waals surface area (Å²) in [6, 6.07) is 0.393. The third-order valence-corrected chi connectivity index (χ3v) is 5.15. The Labute approximate surface area is 138 Å². The van der Waals surface area contributed by atoms with Gasteiger partial charge in [0.15, 0.2) is 5.96 Å². The summed E-state index contributed by atoms with van der Waals surface area (Å²) in [4.78, 5) is 16.4. The van der Waals surface area contributed by atoms with Crippen LogP contribution in [0.4, 0.5) is 0 Å². The van der Waals surface area contributed by atoms with E-state index in [4.69, 9.17) is 4.74 Å². The Hall–Kier alpha value is -1.30. The van der Waals surface area contributed by atoms with E-state index in [2.05, 4.69) is 27.9 Å². The summed E-state index contributed by atoms with van der Waals surface area (Å²) in [5.74, 6) is 1.37. The van der Waals surface area contributed by atoms with Crippen LogP contribution in [0.1, 0.15) is 51.9 Å². The van der Waals surface area contributed by atoms with Gasteiger partial charge in [-0.2, -0.15) is 0 Å². The van der Waals surface area contributed by atoms with Crippen molar-refractivity contribution in [1.29, 1.82) is 0 Å². The number of fused-ring (bicyclic) bond motifs is 2. The molecule has 2 saturated heterocycles. The molecule has 0 aromatic carbocycles. The molecule has 6 heteroatoms. The van der Waals surface area contributed by atoms with Crippen LogP contribution in [0.2, 0.25) is 0 Å². The van der Waals surface area contributed by atoms with Gasteiger partial charge in [0.25, 0.3) is 0 Å². The van der Waals surface area contributed by atoms with Gasteiger partial charge in [0.05, 0.1) is 18.2 Å². The zero-order valence-corrected chi connectivity index (χ0v) is 14.1. The van der Waals surface area contributed by atoms with E-state index in [9.17, 15) is 4.79 Å². The molecule has 2 bridgehead atoms. The first-order chi connectivity index (χ1) is 11.3.